The van der Waals surface area contributed by atoms with Crippen molar-refractivity contribution in [2.24, 2.45) is 5.92 Å². The van der Waals surface area contributed by atoms with Crippen molar-refractivity contribution in [1.82, 2.24) is 10.2 Å². The van der Waals surface area contributed by atoms with Crippen LogP contribution in [0.3, 0.4) is 0 Å². The Labute approximate surface area is 193 Å². The molecule has 0 bridgehead atoms. The standard InChI is InChI=1S/C27H28F2N2O2/c28-23-10-6-20(7-11-23)26(21-8-12-24(29)13-9-21)31(27(32)22-14-16-30-17-15-22)18-19-33-25-4-2-1-3-5-25/h1-13,22,26,30H,14-19H2. The van der Waals surface area contributed by atoms with Gasteiger partial charge >= 0.3 is 0 Å². The lowest BCUT2D eigenvalue weighted by atomic mass is 9.92. The van der Waals surface area contributed by atoms with Crippen LogP contribution in [0.1, 0.15) is 30.0 Å². The summed E-state index contributed by atoms with van der Waals surface area (Å²) in [4.78, 5) is 15.6. The molecule has 1 N–H and O–H groups in total. The first kappa shape index (κ1) is 22.9. The normalized spacial score (nSPS) is 14.3. The van der Waals surface area contributed by atoms with Gasteiger partial charge in [0.2, 0.25) is 5.91 Å². The second kappa shape index (κ2) is 11.1. The molecule has 3 aromatic carbocycles. The molecule has 0 aromatic heterocycles. The van der Waals surface area contributed by atoms with E-state index in [1.165, 1.54) is 24.3 Å². The van der Waals surface area contributed by atoms with E-state index >= 15 is 0 Å². The molecule has 1 saturated heterocycles. The summed E-state index contributed by atoms with van der Waals surface area (Å²) in [5.74, 6) is -0.0365. The minimum Gasteiger partial charge on any atom is -0.492 e. The van der Waals surface area contributed by atoms with Crippen LogP contribution in [0.2, 0.25) is 0 Å². The molecule has 1 fully saturated rings. The van der Waals surface area contributed by atoms with E-state index in [0.29, 0.717) is 13.2 Å². The number of hydrogen-bond donors (Lipinski definition) is 1. The van der Waals surface area contributed by atoms with Crippen molar-refractivity contribution in [3.8, 4) is 5.75 Å². The Morgan fingerprint density at radius 2 is 1.42 bits per heavy atom. The number of piperidine rings is 1. The first-order valence-electron chi connectivity index (χ1n) is 11.3. The molecule has 1 amide bonds. The zero-order chi connectivity index (χ0) is 23.0. The van der Waals surface area contributed by atoms with Crippen LogP contribution in [0, 0.1) is 17.6 Å². The predicted octanol–water partition coefficient (Wildman–Crippen LogP) is 4.96. The summed E-state index contributed by atoms with van der Waals surface area (Å²) in [6.07, 6.45) is 1.52. The predicted molar refractivity (Wildman–Crippen MR) is 124 cm³/mol. The molecular formula is C27H28F2N2O2. The Bertz CT molecular complexity index is 975. The van der Waals surface area contributed by atoms with Gasteiger partial charge in [-0.3, -0.25) is 4.79 Å². The topological polar surface area (TPSA) is 41.6 Å². The van der Waals surface area contributed by atoms with Crippen LogP contribution >= 0.6 is 0 Å². The van der Waals surface area contributed by atoms with Crippen molar-refractivity contribution in [2.45, 2.75) is 18.9 Å². The molecule has 1 aliphatic heterocycles. The van der Waals surface area contributed by atoms with Gasteiger partial charge in [0.1, 0.15) is 24.0 Å². The monoisotopic (exact) mass is 450 g/mol. The highest BCUT2D eigenvalue weighted by atomic mass is 19.1. The Morgan fingerprint density at radius 1 is 0.879 bits per heavy atom. The lowest BCUT2D eigenvalue weighted by Crippen LogP contribution is -2.44. The van der Waals surface area contributed by atoms with Gasteiger partial charge in [-0.1, -0.05) is 42.5 Å². The summed E-state index contributed by atoms with van der Waals surface area (Å²) in [6.45, 7) is 2.24. The maximum Gasteiger partial charge on any atom is 0.226 e. The van der Waals surface area contributed by atoms with Gasteiger partial charge in [0, 0.05) is 5.92 Å². The number of nitrogens with zero attached hydrogens (tertiary/aromatic N) is 1. The van der Waals surface area contributed by atoms with E-state index in [4.69, 9.17) is 4.74 Å². The summed E-state index contributed by atoms with van der Waals surface area (Å²) in [5.41, 5.74) is 1.54. The van der Waals surface area contributed by atoms with Crippen molar-refractivity contribution in [2.75, 3.05) is 26.2 Å². The van der Waals surface area contributed by atoms with E-state index in [1.807, 2.05) is 30.3 Å². The van der Waals surface area contributed by atoms with Gasteiger partial charge in [0.15, 0.2) is 0 Å². The van der Waals surface area contributed by atoms with Gasteiger partial charge in [-0.15, -0.1) is 0 Å². The van der Waals surface area contributed by atoms with Crippen LogP contribution in [0.5, 0.6) is 5.75 Å². The number of nitrogens with one attached hydrogen (secondary N) is 1. The fourth-order valence-electron chi connectivity index (χ4n) is 4.29. The van der Waals surface area contributed by atoms with Crippen molar-refractivity contribution < 1.29 is 18.3 Å². The summed E-state index contributed by atoms with van der Waals surface area (Å²) in [6, 6.07) is 21.3. The number of amides is 1. The highest BCUT2D eigenvalue weighted by Gasteiger charge is 2.32. The first-order valence-corrected chi connectivity index (χ1v) is 11.3. The zero-order valence-electron chi connectivity index (χ0n) is 18.4. The minimum absolute atomic E-state index is 0.0341. The van der Waals surface area contributed by atoms with Crippen LogP contribution < -0.4 is 10.1 Å². The molecule has 0 saturated carbocycles. The van der Waals surface area contributed by atoms with Crippen LogP contribution in [-0.2, 0) is 4.79 Å². The molecule has 33 heavy (non-hydrogen) atoms. The zero-order valence-corrected chi connectivity index (χ0v) is 18.4. The lowest BCUT2D eigenvalue weighted by molar-refractivity contribution is -0.138. The number of benzene rings is 3. The molecule has 1 heterocycles. The average Bonchev–Trinajstić information content (AvgIpc) is 2.86. The van der Waals surface area contributed by atoms with E-state index < -0.39 is 6.04 Å². The number of rotatable bonds is 8. The van der Waals surface area contributed by atoms with Crippen LogP contribution in [-0.4, -0.2) is 37.0 Å². The van der Waals surface area contributed by atoms with Crippen molar-refractivity contribution >= 4 is 5.91 Å². The fourth-order valence-corrected chi connectivity index (χ4v) is 4.29. The number of carbonyl (C=O) groups excluding carboxylic acids is 1. The second-order valence-corrected chi connectivity index (χ2v) is 8.22. The average molecular weight is 451 g/mol. The van der Waals surface area contributed by atoms with Crippen LogP contribution in [0.4, 0.5) is 8.78 Å². The van der Waals surface area contributed by atoms with Gasteiger partial charge in [-0.05, 0) is 73.5 Å². The molecular weight excluding hydrogens is 422 g/mol. The lowest BCUT2D eigenvalue weighted by Gasteiger charge is -2.36. The molecule has 6 heteroatoms. The Kier molecular flexibility index (Phi) is 7.68. The molecule has 0 spiro atoms. The fraction of sp³-hybridized carbons (Fsp3) is 0.296. The Balaban J connectivity index is 1.66. The number of para-hydroxylation sites is 1. The van der Waals surface area contributed by atoms with Gasteiger partial charge in [-0.2, -0.15) is 0 Å². The molecule has 0 unspecified atom stereocenters. The molecule has 0 radical (unpaired) electrons. The Morgan fingerprint density at radius 3 is 1.97 bits per heavy atom. The molecule has 0 aliphatic carbocycles. The van der Waals surface area contributed by atoms with Gasteiger partial charge in [0.25, 0.3) is 0 Å². The maximum absolute atomic E-state index is 13.8. The summed E-state index contributed by atoms with van der Waals surface area (Å²) in [5, 5.41) is 3.30. The first-order chi connectivity index (χ1) is 16.1. The quantitative estimate of drug-likeness (QED) is 0.527. The Hall–Kier alpha value is -3.25. The smallest absolute Gasteiger partial charge is 0.226 e. The van der Waals surface area contributed by atoms with Gasteiger partial charge in [0.05, 0.1) is 12.6 Å². The van der Waals surface area contributed by atoms with E-state index in [0.717, 1.165) is 42.8 Å². The molecule has 4 rings (SSSR count). The van der Waals surface area contributed by atoms with E-state index in [1.54, 1.807) is 29.2 Å². The van der Waals surface area contributed by atoms with E-state index in [2.05, 4.69) is 5.32 Å². The third-order valence-corrected chi connectivity index (χ3v) is 6.00. The van der Waals surface area contributed by atoms with Gasteiger partial charge < -0.3 is 15.0 Å². The third kappa shape index (κ3) is 5.96. The molecule has 3 aromatic rings. The molecule has 1 aliphatic rings. The molecule has 0 atom stereocenters. The van der Waals surface area contributed by atoms with Crippen molar-refractivity contribution in [3.63, 3.8) is 0 Å². The maximum atomic E-state index is 13.8. The minimum atomic E-state index is -0.479. The SMILES string of the molecule is O=C(C1CCNCC1)N(CCOc1ccccc1)C(c1ccc(F)cc1)c1ccc(F)cc1. The largest absolute Gasteiger partial charge is 0.492 e. The van der Waals surface area contributed by atoms with Crippen molar-refractivity contribution in [1.29, 1.82) is 0 Å². The highest BCUT2D eigenvalue weighted by molar-refractivity contribution is 5.80. The number of halogens is 2. The number of carbonyl (C=O) groups is 1. The summed E-state index contributed by atoms with van der Waals surface area (Å²) < 4.78 is 33.3. The molecule has 172 valence electrons. The summed E-state index contributed by atoms with van der Waals surface area (Å²) >= 11 is 0. The van der Waals surface area contributed by atoms with Crippen LogP contribution in [0.15, 0.2) is 78.9 Å². The van der Waals surface area contributed by atoms with E-state index in [9.17, 15) is 13.6 Å². The highest BCUT2D eigenvalue weighted by Crippen LogP contribution is 2.32. The van der Waals surface area contributed by atoms with Gasteiger partial charge in [-0.25, -0.2) is 8.78 Å². The van der Waals surface area contributed by atoms with Crippen LogP contribution in [0.25, 0.3) is 0 Å². The number of ether oxygens (including phenoxy) is 1. The second-order valence-electron chi connectivity index (χ2n) is 8.22. The molecule has 4 nitrogen and oxygen atoms in total. The number of hydrogen-bond acceptors (Lipinski definition) is 3. The third-order valence-electron chi connectivity index (χ3n) is 6.00. The van der Waals surface area contributed by atoms with E-state index in [-0.39, 0.29) is 23.5 Å². The van der Waals surface area contributed by atoms with Crippen molar-refractivity contribution in [3.05, 3.63) is 102 Å². The summed E-state index contributed by atoms with van der Waals surface area (Å²) in [7, 11) is 0.